The molecule has 1 aromatic heterocycles. The second kappa shape index (κ2) is 13.5. The van der Waals surface area contributed by atoms with Crippen molar-refractivity contribution < 1.29 is 24.2 Å². The van der Waals surface area contributed by atoms with Gasteiger partial charge in [0, 0.05) is 4.90 Å². The van der Waals surface area contributed by atoms with Crippen LogP contribution in [0, 0.1) is 23.7 Å². The van der Waals surface area contributed by atoms with Crippen molar-refractivity contribution in [1.29, 1.82) is 0 Å². The maximum absolute atomic E-state index is 14.2. The first-order valence-electron chi connectivity index (χ1n) is 16.8. The number of hydrogen-bond acceptors (Lipinski definition) is 7. The fraction of sp³-hybridized carbons (Fsp3) is 0.541. The van der Waals surface area contributed by atoms with Gasteiger partial charge in [0.1, 0.15) is 17.0 Å². The number of hydrogen-bond donors (Lipinski definition) is 2. The van der Waals surface area contributed by atoms with Crippen molar-refractivity contribution in [2.45, 2.75) is 68.7 Å². The van der Waals surface area contributed by atoms with Crippen LogP contribution in [0.2, 0.25) is 0 Å². The second-order valence-electron chi connectivity index (χ2n) is 14.2. The lowest BCUT2D eigenvalue weighted by Gasteiger charge is -2.59. The molecule has 0 saturated heterocycles. The Bertz CT molecular complexity index is 1580. The second-order valence-corrected chi connectivity index (χ2v) is 15.3. The molecule has 4 saturated carbocycles. The first-order chi connectivity index (χ1) is 22.5. The molecule has 3 aromatic rings. The highest BCUT2D eigenvalue weighted by Gasteiger charge is 2.62. The fourth-order valence-electron chi connectivity index (χ4n) is 8.59. The molecule has 2 N–H and O–H groups in total. The molecule has 252 valence electrons. The molecule has 10 heteroatoms. The average molecular weight is 661 g/mol. The third-order valence-electron chi connectivity index (χ3n) is 10.6. The van der Waals surface area contributed by atoms with Crippen LogP contribution in [0.4, 0.5) is 0 Å². The first-order valence-corrected chi connectivity index (χ1v) is 17.8. The predicted molar refractivity (Wildman–Crippen MR) is 185 cm³/mol. The minimum Gasteiger partial charge on any atom is -0.496 e. The van der Waals surface area contributed by atoms with Crippen LogP contribution in [0.3, 0.4) is 0 Å². The molecule has 7 rings (SSSR count). The molecular weight excluding hydrogens is 612 g/mol. The van der Waals surface area contributed by atoms with Crippen LogP contribution < -0.4 is 14.8 Å². The number of aromatic nitrogens is 2. The van der Waals surface area contributed by atoms with E-state index in [1.54, 1.807) is 25.0 Å². The van der Waals surface area contributed by atoms with Crippen molar-refractivity contribution in [2.24, 2.45) is 23.7 Å². The largest absolute Gasteiger partial charge is 0.496 e. The summed E-state index contributed by atoms with van der Waals surface area (Å²) in [5.74, 6) is 1.96. The number of rotatable bonds is 13. The van der Waals surface area contributed by atoms with Crippen LogP contribution in [-0.4, -0.2) is 77.8 Å². The highest BCUT2D eigenvalue weighted by atomic mass is 32.2. The summed E-state index contributed by atoms with van der Waals surface area (Å²) in [6.07, 6.45) is 5.71. The summed E-state index contributed by atoms with van der Waals surface area (Å²) in [5, 5.41) is 18.7. The van der Waals surface area contributed by atoms with Gasteiger partial charge in [0.05, 0.1) is 31.2 Å². The van der Waals surface area contributed by atoms with Gasteiger partial charge in [-0.1, -0.05) is 19.9 Å². The van der Waals surface area contributed by atoms with Crippen LogP contribution in [-0.2, 0) is 4.79 Å². The number of amides is 1. The van der Waals surface area contributed by atoms with Crippen molar-refractivity contribution in [3.63, 3.8) is 0 Å². The summed E-state index contributed by atoms with van der Waals surface area (Å²) in [6, 6.07) is 13.7. The van der Waals surface area contributed by atoms with E-state index in [-0.39, 0.29) is 23.4 Å². The van der Waals surface area contributed by atoms with Crippen molar-refractivity contribution in [2.75, 3.05) is 40.6 Å². The zero-order valence-corrected chi connectivity index (χ0v) is 29.2. The molecule has 47 heavy (non-hydrogen) atoms. The van der Waals surface area contributed by atoms with E-state index < -0.39 is 17.4 Å². The summed E-state index contributed by atoms with van der Waals surface area (Å²) >= 11 is 1.84. The summed E-state index contributed by atoms with van der Waals surface area (Å²) in [5.41, 5.74) is 2.14. The van der Waals surface area contributed by atoms with Gasteiger partial charge in [-0.3, -0.25) is 4.79 Å². The maximum Gasteiger partial charge on any atom is 0.330 e. The van der Waals surface area contributed by atoms with Gasteiger partial charge in [-0.2, -0.15) is 5.10 Å². The molecular formula is C37H48N4O5S. The third kappa shape index (κ3) is 6.26. The average Bonchev–Trinajstić information content (AvgIpc) is 3.48. The Kier molecular flexibility index (Phi) is 9.63. The van der Waals surface area contributed by atoms with Gasteiger partial charge in [0.2, 0.25) is 0 Å². The van der Waals surface area contributed by atoms with Crippen molar-refractivity contribution in [3.8, 4) is 28.4 Å². The number of thioether (sulfide) groups is 1. The smallest absolute Gasteiger partial charge is 0.330 e. The number of carboxylic acids is 1. The molecule has 0 aliphatic heterocycles. The summed E-state index contributed by atoms with van der Waals surface area (Å²) in [7, 11) is 7.40. The molecule has 4 fully saturated rings. The molecule has 0 spiro atoms. The van der Waals surface area contributed by atoms with E-state index in [0.29, 0.717) is 34.6 Å². The van der Waals surface area contributed by atoms with E-state index in [1.165, 1.54) is 11.3 Å². The zero-order chi connectivity index (χ0) is 33.5. The third-order valence-corrected chi connectivity index (χ3v) is 11.7. The number of carboxylic acid groups (broad SMARTS) is 1. The van der Waals surface area contributed by atoms with Crippen molar-refractivity contribution in [3.05, 3.63) is 53.7 Å². The Morgan fingerprint density at radius 1 is 1.02 bits per heavy atom. The van der Waals surface area contributed by atoms with Crippen LogP contribution in [0.25, 0.3) is 16.9 Å². The fourth-order valence-corrected chi connectivity index (χ4v) is 9.48. The van der Waals surface area contributed by atoms with E-state index in [1.807, 2.05) is 30.0 Å². The van der Waals surface area contributed by atoms with Crippen molar-refractivity contribution in [1.82, 2.24) is 20.0 Å². The van der Waals surface area contributed by atoms with Gasteiger partial charge >= 0.3 is 5.97 Å². The highest BCUT2D eigenvalue weighted by Crippen LogP contribution is 2.58. The van der Waals surface area contributed by atoms with Gasteiger partial charge in [-0.25, -0.2) is 9.48 Å². The van der Waals surface area contributed by atoms with Gasteiger partial charge in [0.25, 0.3) is 5.91 Å². The van der Waals surface area contributed by atoms with E-state index in [4.69, 9.17) is 14.6 Å². The molecule has 0 radical (unpaired) electrons. The molecule has 1 heterocycles. The Morgan fingerprint density at radius 2 is 1.66 bits per heavy atom. The molecule has 1 amide bonds. The number of methoxy groups -OCH3 is 2. The summed E-state index contributed by atoms with van der Waals surface area (Å²) in [4.78, 5) is 30.7. The van der Waals surface area contributed by atoms with Gasteiger partial charge in [0.15, 0.2) is 5.69 Å². The molecule has 0 unspecified atom stereocenters. The number of nitrogens with one attached hydrogen (secondary N) is 1. The zero-order valence-electron chi connectivity index (χ0n) is 28.4. The maximum atomic E-state index is 14.2. The van der Waals surface area contributed by atoms with Crippen molar-refractivity contribution >= 4 is 23.6 Å². The highest BCUT2D eigenvalue weighted by molar-refractivity contribution is 7.99. The topological polar surface area (TPSA) is 106 Å². The Hall–Kier alpha value is -3.50. The molecule has 4 aliphatic carbocycles. The molecule has 0 atom stereocenters. The van der Waals surface area contributed by atoms with E-state index in [2.05, 4.69) is 56.4 Å². The van der Waals surface area contributed by atoms with Gasteiger partial charge in [-0.05, 0) is 136 Å². The molecule has 4 aliphatic rings. The van der Waals surface area contributed by atoms with E-state index >= 15 is 0 Å². The van der Waals surface area contributed by atoms with E-state index in [9.17, 15) is 14.7 Å². The Labute approximate surface area is 282 Å². The number of ether oxygens (including phenoxy) is 2. The number of nitrogens with zero attached hydrogens (tertiary/aromatic N) is 3. The number of aliphatic carboxylic acids is 1. The standard InChI is InChI=1S/C37H48N4O5S/c1-22(2)28-20-27(47-14-8-13-40(3)4)11-12-30(28)41-31(34-32(45-5)9-7-10-33(34)46-6)21-29(39-41)35(42)38-37(36(43)44)25-16-23-15-24(18-25)19-26(37)17-23/h7,9-12,20-26H,8,13-19H2,1-6H3,(H,38,42)(H,43,44). The number of carbonyl (C=O) groups excluding carboxylic acids is 1. The minimum absolute atomic E-state index is 0.0635. The SMILES string of the molecule is COc1cccc(OC)c1-c1cc(C(=O)NC2(C(=O)O)C3CC4CC(C3)CC2C4)nn1-c1ccc(SCCCN(C)C)cc1C(C)C. The quantitative estimate of drug-likeness (QED) is 0.154. The van der Waals surface area contributed by atoms with Crippen LogP contribution >= 0.6 is 11.8 Å². The van der Waals surface area contributed by atoms with Crippen LogP contribution in [0.1, 0.15) is 74.3 Å². The number of benzene rings is 2. The molecule has 9 nitrogen and oxygen atoms in total. The molecule has 2 aromatic carbocycles. The lowest BCUT2D eigenvalue weighted by Crippen LogP contribution is -2.70. The monoisotopic (exact) mass is 660 g/mol. The predicted octanol–water partition coefficient (Wildman–Crippen LogP) is 6.73. The lowest BCUT2D eigenvalue weighted by atomic mass is 9.48. The summed E-state index contributed by atoms with van der Waals surface area (Å²) < 4.78 is 13.4. The Balaban J connectivity index is 1.42. The Morgan fingerprint density at radius 3 is 2.21 bits per heavy atom. The number of carbonyl (C=O) groups is 2. The molecule has 4 bridgehead atoms. The summed E-state index contributed by atoms with van der Waals surface area (Å²) in [6.45, 7) is 5.35. The first kappa shape index (κ1) is 33.4. The minimum atomic E-state index is -1.27. The van der Waals surface area contributed by atoms with Crippen LogP contribution in [0.5, 0.6) is 11.5 Å². The normalized spacial score (nSPS) is 24.6. The van der Waals surface area contributed by atoms with Crippen LogP contribution in [0.15, 0.2) is 47.4 Å². The lowest BCUT2D eigenvalue weighted by molar-refractivity contribution is -0.163. The van der Waals surface area contributed by atoms with Gasteiger partial charge < -0.3 is 24.8 Å². The van der Waals surface area contributed by atoms with Gasteiger partial charge in [-0.15, -0.1) is 11.8 Å². The van der Waals surface area contributed by atoms with E-state index in [0.717, 1.165) is 55.7 Å².